The molecule has 35 heavy (non-hydrogen) atoms. The lowest BCUT2D eigenvalue weighted by molar-refractivity contribution is -0.145. The number of methoxy groups -OCH3 is 1. The molecule has 2 unspecified atom stereocenters. The molecule has 1 aliphatic heterocycles. The number of benzene rings is 2. The molecule has 2 aromatic carbocycles. The fourth-order valence-electron chi connectivity index (χ4n) is 4.83. The number of carbonyl (C=O) groups is 3. The van der Waals surface area contributed by atoms with Crippen LogP contribution in [0.15, 0.2) is 48.5 Å². The number of nitrogens with zero attached hydrogens (tertiary/aromatic N) is 1. The van der Waals surface area contributed by atoms with Crippen molar-refractivity contribution in [2.24, 2.45) is 5.92 Å². The van der Waals surface area contributed by atoms with Crippen molar-refractivity contribution in [2.45, 2.75) is 31.0 Å². The summed E-state index contributed by atoms with van der Waals surface area (Å²) in [5.41, 5.74) is 4.40. The quantitative estimate of drug-likeness (QED) is 0.594. The maximum atomic E-state index is 13.2. The van der Waals surface area contributed by atoms with E-state index in [1.807, 2.05) is 36.4 Å². The minimum Gasteiger partial charge on any atom is -0.481 e. The van der Waals surface area contributed by atoms with E-state index in [4.69, 9.17) is 14.2 Å². The summed E-state index contributed by atoms with van der Waals surface area (Å²) in [5.74, 6) is -2.46. The molecule has 9 heteroatoms. The van der Waals surface area contributed by atoms with Crippen LogP contribution in [0.25, 0.3) is 11.1 Å². The monoisotopic (exact) mass is 482 g/mol. The summed E-state index contributed by atoms with van der Waals surface area (Å²) >= 11 is 0. The fraction of sp³-hybridized carbons (Fsp3) is 0.423. The van der Waals surface area contributed by atoms with Crippen molar-refractivity contribution in [3.05, 3.63) is 59.7 Å². The van der Waals surface area contributed by atoms with Gasteiger partial charge in [-0.25, -0.2) is 4.79 Å². The van der Waals surface area contributed by atoms with E-state index in [-0.39, 0.29) is 25.7 Å². The molecule has 4 rings (SSSR count). The van der Waals surface area contributed by atoms with E-state index in [1.165, 1.54) is 19.1 Å². The number of carboxylic acids is 1. The lowest BCUT2D eigenvalue weighted by atomic mass is 9.98. The van der Waals surface area contributed by atoms with Gasteiger partial charge in [0.2, 0.25) is 5.91 Å². The Labute approximate surface area is 204 Å². The molecule has 0 spiro atoms. The number of rotatable bonds is 8. The van der Waals surface area contributed by atoms with E-state index in [1.54, 1.807) is 6.92 Å². The summed E-state index contributed by atoms with van der Waals surface area (Å²) in [6.07, 6.45) is -1.42. The summed E-state index contributed by atoms with van der Waals surface area (Å²) in [5, 5.41) is 12.1. The molecule has 0 bridgehead atoms. The largest absolute Gasteiger partial charge is 0.481 e. The topological polar surface area (TPSA) is 114 Å². The Morgan fingerprint density at radius 3 is 2.26 bits per heavy atom. The lowest BCUT2D eigenvalue weighted by Crippen LogP contribution is -2.57. The van der Waals surface area contributed by atoms with Crippen LogP contribution in [-0.2, 0) is 23.8 Å². The van der Waals surface area contributed by atoms with E-state index in [9.17, 15) is 19.5 Å². The number of hydrogen-bond donors (Lipinski definition) is 2. The third kappa shape index (κ3) is 4.87. The van der Waals surface area contributed by atoms with Gasteiger partial charge in [0, 0.05) is 20.1 Å². The molecule has 2 N–H and O–H groups in total. The summed E-state index contributed by atoms with van der Waals surface area (Å²) in [6, 6.07) is 14.3. The van der Waals surface area contributed by atoms with Gasteiger partial charge in [-0.05, 0) is 29.2 Å². The molecular formula is C26H30N2O7. The number of carbonyl (C=O) groups excluding carboxylic acids is 2. The third-order valence-electron chi connectivity index (χ3n) is 6.94. The van der Waals surface area contributed by atoms with E-state index in [0.29, 0.717) is 0 Å². The van der Waals surface area contributed by atoms with Crippen LogP contribution in [0.4, 0.5) is 4.79 Å². The highest BCUT2D eigenvalue weighted by Crippen LogP contribution is 2.44. The number of carboxylic acid groups (broad SMARTS) is 1. The Morgan fingerprint density at radius 2 is 1.69 bits per heavy atom. The van der Waals surface area contributed by atoms with E-state index < -0.39 is 42.1 Å². The lowest BCUT2D eigenvalue weighted by Gasteiger charge is -2.32. The van der Waals surface area contributed by atoms with Crippen molar-refractivity contribution in [1.82, 2.24) is 10.2 Å². The summed E-state index contributed by atoms with van der Waals surface area (Å²) < 4.78 is 16.2. The maximum Gasteiger partial charge on any atom is 0.407 e. The molecule has 1 heterocycles. The molecule has 0 aromatic heterocycles. The Hall–Kier alpha value is -3.43. The van der Waals surface area contributed by atoms with E-state index in [2.05, 4.69) is 17.4 Å². The highest BCUT2D eigenvalue weighted by atomic mass is 16.5. The summed E-state index contributed by atoms with van der Waals surface area (Å²) in [4.78, 5) is 38.9. The first-order valence-electron chi connectivity index (χ1n) is 11.5. The molecule has 2 aliphatic rings. The number of fused-ring (bicyclic) bond motifs is 3. The van der Waals surface area contributed by atoms with Crippen molar-refractivity contribution < 1.29 is 33.7 Å². The molecule has 2 aromatic rings. The summed E-state index contributed by atoms with van der Waals surface area (Å²) in [6.45, 7) is 1.90. The average Bonchev–Trinajstić information content (AvgIpc) is 3.48. The Kier molecular flexibility index (Phi) is 7.37. The van der Waals surface area contributed by atoms with Gasteiger partial charge in [0.1, 0.15) is 18.6 Å². The molecule has 0 saturated carbocycles. The van der Waals surface area contributed by atoms with Crippen LogP contribution in [0, 0.1) is 5.92 Å². The van der Waals surface area contributed by atoms with Gasteiger partial charge in [-0.1, -0.05) is 48.5 Å². The van der Waals surface area contributed by atoms with Crippen LogP contribution < -0.4 is 5.32 Å². The van der Waals surface area contributed by atoms with Crippen molar-refractivity contribution in [3.8, 4) is 11.1 Å². The number of ether oxygens (including phenoxy) is 3. The van der Waals surface area contributed by atoms with Gasteiger partial charge >= 0.3 is 12.1 Å². The summed E-state index contributed by atoms with van der Waals surface area (Å²) in [7, 11) is 2.94. The van der Waals surface area contributed by atoms with E-state index in [0.717, 1.165) is 22.3 Å². The Morgan fingerprint density at radius 1 is 1.09 bits per heavy atom. The van der Waals surface area contributed by atoms with Crippen LogP contribution in [0.3, 0.4) is 0 Å². The van der Waals surface area contributed by atoms with Crippen molar-refractivity contribution in [2.75, 3.05) is 34.0 Å². The van der Waals surface area contributed by atoms with E-state index >= 15 is 0 Å². The third-order valence-corrected chi connectivity index (χ3v) is 6.94. The number of alkyl carbamates (subject to hydrolysis) is 1. The van der Waals surface area contributed by atoms with Gasteiger partial charge < -0.3 is 29.5 Å². The van der Waals surface area contributed by atoms with Gasteiger partial charge in [0.15, 0.2) is 0 Å². The molecular weight excluding hydrogens is 452 g/mol. The highest BCUT2D eigenvalue weighted by molar-refractivity contribution is 5.87. The van der Waals surface area contributed by atoms with Crippen LogP contribution >= 0.6 is 0 Å². The fourth-order valence-corrected chi connectivity index (χ4v) is 4.83. The first-order chi connectivity index (χ1) is 16.8. The number of amides is 2. The average molecular weight is 483 g/mol. The van der Waals surface area contributed by atoms with Crippen molar-refractivity contribution >= 4 is 18.0 Å². The zero-order valence-electron chi connectivity index (χ0n) is 20.0. The smallest absolute Gasteiger partial charge is 0.407 e. The molecule has 9 nitrogen and oxygen atoms in total. The number of hydrogen-bond acceptors (Lipinski definition) is 6. The van der Waals surface area contributed by atoms with Crippen molar-refractivity contribution in [1.29, 1.82) is 0 Å². The van der Waals surface area contributed by atoms with Gasteiger partial charge in [-0.2, -0.15) is 0 Å². The first kappa shape index (κ1) is 24.7. The zero-order chi connectivity index (χ0) is 25.1. The normalized spacial score (nSPS) is 20.4. The van der Waals surface area contributed by atoms with Crippen molar-refractivity contribution in [3.63, 3.8) is 0 Å². The minimum absolute atomic E-state index is 0.0297. The predicted octanol–water partition coefficient (Wildman–Crippen LogP) is 2.49. The van der Waals surface area contributed by atoms with Gasteiger partial charge in [0.25, 0.3) is 0 Å². The second-order valence-electron chi connectivity index (χ2n) is 8.89. The minimum atomic E-state index is -1.06. The van der Waals surface area contributed by atoms with Crippen LogP contribution in [0.1, 0.15) is 24.0 Å². The van der Waals surface area contributed by atoms with Gasteiger partial charge in [-0.3, -0.25) is 9.59 Å². The zero-order valence-corrected chi connectivity index (χ0v) is 20.0. The van der Waals surface area contributed by atoms with Crippen LogP contribution in [0.5, 0.6) is 0 Å². The second-order valence-corrected chi connectivity index (χ2v) is 8.89. The molecule has 1 aliphatic carbocycles. The Bertz CT molecular complexity index is 1060. The first-order valence-corrected chi connectivity index (χ1v) is 11.5. The van der Waals surface area contributed by atoms with Crippen LogP contribution in [-0.4, -0.2) is 80.1 Å². The molecule has 1 fully saturated rings. The van der Waals surface area contributed by atoms with Gasteiger partial charge in [0.05, 0.1) is 25.4 Å². The number of nitrogens with one attached hydrogen (secondary N) is 1. The molecule has 1 saturated heterocycles. The van der Waals surface area contributed by atoms with Crippen LogP contribution in [0.2, 0.25) is 0 Å². The molecule has 186 valence electrons. The standard InChI is InChI=1S/C26H30N2O7/c1-15(33-3)23(24(29)28(2)22-14-34-12-21(22)25(30)31)27-26(32)35-13-20-18-10-6-4-8-16(18)17-9-5-7-11-19(17)20/h4-11,15,20-23H,12-14H2,1-3H3,(H,27,32)(H,30,31)/t15-,21?,22?,23+/m1/s1. The highest BCUT2D eigenvalue weighted by Gasteiger charge is 2.41. The molecule has 0 radical (unpaired) electrons. The number of likely N-dealkylation sites (N-methyl/N-ethyl adjacent to an activating group) is 1. The molecule has 4 atom stereocenters. The Balaban J connectivity index is 1.44. The SMILES string of the molecule is CO[C@H](C)[C@H](NC(=O)OCC1c2ccccc2-c2ccccc21)C(=O)N(C)C1COCC1C(=O)O. The molecule has 2 amide bonds. The second kappa shape index (κ2) is 10.5. The maximum absolute atomic E-state index is 13.2. The predicted molar refractivity (Wildman–Crippen MR) is 127 cm³/mol. The number of aliphatic carboxylic acids is 1. The van der Waals surface area contributed by atoms with Gasteiger partial charge in [-0.15, -0.1) is 0 Å².